The van der Waals surface area contributed by atoms with E-state index in [2.05, 4.69) is 0 Å². The molecule has 1 rings (SSSR count). The standard InChI is InChI=1S/C14H26F2N2S/c1-6-9-13(5)17-11-10-14(8-3)18(12(4)7-2)19(17,15)16/h9-10,12H,6-8,11H2,1-5H3/b13-9-. The molecule has 112 valence electrons. The Bertz CT molecular complexity index is 366. The SMILES string of the molecule is CC/C=C(/C)N1CC=C(CC)N(C(C)CC)S1(F)F. The van der Waals surface area contributed by atoms with E-state index in [0.29, 0.717) is 18.7 Å². The van der Waals surface area contributed by atoms with E-state index in [0.717, 1.165) is 18.5 Å². The lowest BCUT2D eigenvalue weighted by molar-refractivity contribution is 0.328. The van der Waals surface area contributed by atoms with Crippen molar-refractivity contribution in [2.45, 2.75) is 59.9 Å². The van der Waals surface area contributed by atoms with Crippen LogP contribution in [0.15, 0.2) is 23.5 Å². The fourth-order valence-corrected chi connectivity index (χ4v) is 4.25. The number of allylic oxidation sites excluding steroid dienone is 3. The van der Waals surface area contributed by atoms with Crippen LogP contribution in [0.1, 0.15) is 53.9 Å². The molecule has 0 aromatic carbocycles. The minimum absolute atomic E-state index is 0.131. The van der Waals surface area contributed by atoms with Gasteiger partial charge in [-0.15, -0.1) is 7.77 Å². The van der Waals surface area contributed by atoms with Gasteiger partial charge in [0.25, 0.3) is 0 Å². The molecule has 0 saturated carbocycles. The Hall–Kier alpha value is -0.710. The molecule has 0 aromatic rings. The van der Waals surface area contributed by atoms with Gasteiger partial charge in [0.2, 0.25) is 11.2 Å². The minimum Gasteiger partial charge on any atom is -0.271 e. The summed E-state index contributed by atoms with van der Waals surface area (Å²) in [4.78, 5) is 0. The highest BCUT2D eigenvalue weighted by atomic mass is 32.3. The molecule has 1 unspecified atom stereocenters. The highest BCUT2D eigenvalue weighted by Gasteiger charge is 2.43. The van der Waals surface area contributed by atoms with Crippen molar-refractivity contribution in [3.8, 4) is 0 Å². The first-order valence-electron chi connectivity index (χ1n) is 7.05. The van der Waals surface area contributed by atoms with Crippen molar-refractivity contribution in [2.24, 2.45) is 0 Å². The number of hydrogen-bond donors (Lipinski definition) is 0. The predicted octanol–water partition coefficient (Wildman–Crippen LogP) is 5.41. The lowest BCUT2D eigenvalue weighted by Gasteiger charge is -2.50. The Labute approximate surface area is 118 Å². The first kappa shape index (κ1) is 16.3. The van der Waals surface area contributed by atoms with E-state index in [1.807, 2.05) is 39.8 Å². The molecule has 0 fully saturated rings. The van der Waals surface area contributed by atoms with Crippen molar-refractivity contribution in [3.05, 3.63) is 23.5 Å². The molecule has 1 aliphatic rings. The summed E-state index contributed by atoms with van der Waals surface area (Å²) in [6.07, 6.45) is 6.00. The second-order valence-corrected chi connectivity index (χ2v) is 6.53. The van der Waals surface area contributed by atoms with Gasteiger partial charge >= 0.3 is 0 Å². The zero-order chi connectivity index (χ0) is 14.6. The second-order valence-electron chi connectivity index (χ2n) is 4.86. The van der Waals surface area contributed by atoms with Crippen molar-refractivity contribution in [2.75, 3.05) is 6.54 Å². The Morgan fingerprint density at radius 1 is 1.42 bits per heavy atom. The van der Waals surface area contributed by atoms with E-state index >= 15 is 0 Å². The Balaban J connectivity index is 3.16. The van der Waals surface area contributed by atoms with E-state index in [1.165, 1.54) is 8.61 Å². The van der Waals surface area contributed by atoms with Gasteiger partial charge in [-0.05, 0) is 39.2 Å². The summed E-state index contributed by atoms with van der Waals surface area (Å²) in [7, 11) is 0. The molecule has 0 aromatic heterocycles. The van der Waals surface area contributed by atoms with E-state index < -0.39 is 11.2 Å². The molecule has 2 nitrogen and oxygen atoms in total. The van der Waals surface area contributed by atoms with Crippen LogP contribution in [0.5, 0.6) is 0 Å². The maximum atomic E-state index is 14.8. The number of nitrogens with zero attached hydrogens (tertiary/aromatic N) is 2. The molecule has 5 heteroatoms. The lowest BCUT2D eigenvalue weighted by Crippen LogP contribution is -2.42. The number of rotatable bonds is 5. The first-order valence-corrected chi connectivity index (χ1v) is 8.40. The van der Waals surface area contributed by atoms with Gasteiger partial charge in [-0.3, -0.25) is 8.61 Å². The topological polar surface area (TPSA) is 6.48 Å². The molecule has 0 spiro atoms. The fourth-order valence-electron chi connectivity index (χ4n) is 2.30. The zero-order valence-electron chi connectivity index (χ0n) is 12.6. The molecule has 0 N–H and O–H groups in total. The van der Waals surface area contributed by atoms with Gasteiger partial charge in [-0.25, -0.2) is 0 Å². The molecule has 1 heterocycles. The maximum absolute atomic E-state index is 14.8. The summed E-state index contributed by atoms with van der Waals surface area (Å²) in [5, 5.41) is 0. The summed E-state index contributed by atoms with van der Waals surface area (Å²) < 4.78 is 32.3. The molecule has 0 bridgehead atoms. The van der Waals surface area contributed by atoms with E-state index in [-0.39, 0.29) is 6.04 Å². The third-order valence-electron chi connectivity index (χ3n) is 3.52. The van der Waals surface area contributed by atoms with Gasteiger partial charge < -0.3 is 0 Å². The Kier molecular flexibility index (Phi) is 5.71. The zero-order valence-corrected chi connectivity index (χ0v) is 13.4. The van der Waals surface area contributed by atoms with Gasteiger partial charge in [0.05, 0.1) is 6.54 Å². The number of halogens is 2. The van der Waals surface area contributed by atoms with Crippen LogP contribution in [0.25, 0.3) is 0 Å². The monoisotopic (exact) mass is 292 g/mol. The molecular weight excluding hydrogens is 266 g/mol. The molecule has 0 saturated heterocycles. The van der Waals surface area contributed by atoms with Crippen LogP contribution in [0, 0.1) is 0 Å². The van der Waals surface area contributed by atoms with Crippen molar-refractivity contribution in [1.82, 2.24) is 8.61 Å². The fraction of sp³-hybridized carbons (Fsp3) is 0.714. The summed E-state index contributed by atoms with van der Waals surface area (Å²) in [6, 6.07) is -0.131. The van der Waals surface area contributed by atoms with Crippen molar-refractivity contribution in [1.29, 1.82) is 0 Å². The quantitative estimate of drug-likeness (QED) is 0.668. The van der Waals surface area contributed by atoms with Crippen molar-refractivity contribution >= 4 is 11.2 Å². The normalized spacial score (nSPS) is 23.1. The van der Waals surface area contributed by atoms with Crippen LogP contribution < -0.4 is 0 Å². The van der Waals surface area contributed by atoms with Crippen LogP contribution in [-0.2, 0) is 0 Å². The first-order chi connectivity index (χ1) is 8.89. The lowest BCUT2D eigenvalue weighted by atomic mass is 10.2. The summed E-state index contributed by atoms with van der Waals surface area (Å²) in [6.45, 7) is 9.86. The van der Waals surface area contributed by atoms with Gasteiger partial charge in [0.15, 0.2) is 0 Å². The summed E-state index contributed by atoms with van der Waals surface area (Å²) in [5.74, 6) is 0. The predicted molar refractivity (Wildman–Crippen MR) is 80.5 cm³/mol. The molecule has 0 radical (unpaired) electrons. The third kappa shape index (κ3) is 3.25. The van der Waals surface area contributed by atoms with Crippen molar-refractivity contribution in [3.63, 3.8) is 0 Å². The molecule has 0 aliphatic carbocycles. The highest BCUT2D eigenvalue weighted by Crippen LogP contribution is 2.64. The molecular formula is C14H26F2N2S. The van der Waals surface area contributed by atoms with Crippen LogP contribution in [0.3, 0.4) is 0 Å². The summed E-state index contributed by atoms with van der Waals surface area (Å²) in [5.41, 5.74) is 1.47. The smallest absolute Gasteiger partial charge is 0.230 e. The molecule has 1 atom stereocenters. The molecule has 1 aliphatic heterocycles. The average molecular weight is 292 g/mol. The van der Waals surface area contributed by atoms with E-state index in [9.17, 15) is 7.77 Å². The van der Waals surface area contributed by atoms with Crippen molar-refractivity contribution < 1.29 is 7.77 Å². The van der Waals surface area contributed by atoms with Crippen LogP contribution in [0.4, 0.5) is 7.77 Å². The Morgan fingerprint density at radius 2 is 2.05 bits per heavy atom. The van der Waals surface area contributed by atoms with E-state index in [1.54, 1.807) is 6.92 Å². The Morgan fingerprint density at radius 3 is 2.53 bits per heavy atom. The van der Waals surface area contributed by atoms with Crippen LogP contribution >= 0.6 is 11.2 Å². The molecule has 0 amide bonds. The minimum atomic E-state index is -3.93. The summed E-state index contributed by atoms with van der Waals surface area (Å²) >= 11 is -3.93. The molecule has 19 heavy (non-hydrogen) atoms. The van der Waals surface area contributed by atoms with Gasteiger partial charge in [0.1, 0.15) is 0 Å². The second kappa shape index (κ2) is 6.64. The van der Waals surface area contributed by atoms with Gasteiger partial charge in [-0.1, -0.05) is 26.8 Å². The van der Waals surface area contributed by atoms with Crippen LogP contribution in [0.2, 0.25) is 0 Å². The van der Waals surface area contributed by atoms with Gasteiger partial charge in [-0.2, -0.15) is 0 Å². The third-order valence-corrected chi connectivity index (χ3v) is 5.56. The maximum Gasteiger partial charge on any atom is 0.230 e. The van der Waals surface area contributed by atoms with Crippen LogP contribution in [-0.4, -0.2) is 21.2 Å². The van der Waals surface area contributed by atoms with Gasteiger partial charge in [0, 0.05) is 17.4 Å². The van der Waals surface area contributed by atoms with E-state index in [4.69, 9.17) is 0 Å². The largest absolute Gasteiger partial charge is 0.271 e. The number of hydrogen-bond acceptors (Lipinski definition) is 2. The average Bonchev–Trinajstić information content (AvgIpc) is 2.36. The highest BCUT2D eigenvalue weighted by molar-refractivity contribution is 8.21.